The number of hydrogen-bond donors (Lipinski definition) is 3. The molecule has 9 rings (SSSR count). The summed E-state index contributed by atoms with van der Waals surface area (Å²) in [5.41, 5.74) is 4.87. The summed E-state index contributed by atoms with van der Waals surface area (Å²) in [5, 5.41) is 10.00. The van der Waals surface area contributed by atoms with Crippen molar-refractivity contribution < 1.29 is 18.9 Å². The first kappa shape index (κ1) is 42.9. The molecule has 3 aromatic carbocycles. The van der Waals surface area contributed by atoms with E-state index in [1.54, 1.807) is 32.1 Å². The molecule has 4 aliphatic rings. The van der Waals surface area contributed by atoms with E-state index in [2.05, 4.69) is 63.7 Å². The third kappa shape index (κ3) is 8.91. The van der Waals surface area contributed by atoms with E-state index in [9.17, 15) is 18.9 Å². The number of fused-ring (bicyclic) bond motifs is 1. The number of benzene rings is 3. The number of imide groups is 1. The van der Waals surface area contributed by atoms with Crippen LogP contribution < -0.4 is 41.5 Å². The minimum atomic E-state index is -2.55. The fourth-order valence-electron chi connectivity index (χ4n) is 9.64. The predicted molar refractivity (Wildman–Crippen MR) is 250 cm³/mol. The molecular formula is C45H55ClN11O5P. The molecule has 4 saturated heterocycles. The van der Waals surface area contributed by atoms with Crippen molar-refractivity contribution in [1.29, 1.82) is 0 Å². The minimum Gasteiger partial charge on any atom is -0.494 e. The highest BCUT2D eigenvalue weighted by atomic mass is 35.5. The number of nitrogens with zero attached hydrogens (tertiary/aromatic N) is 8. The van der Waals surface area contributed by atoms with E-state index >= 15 is 0 Å². The summed E-state index contributed by atoms with van der Waals surface area (Å²) in [4.78, 5) is 56.7. The summed E-state index contributed by atoms with van der Waals surface area (Å²) < 4.78 is 21.9. The standard InChI is InChI=1S/C45H55ClN11O5P/c1-52-38-23-31(10-12-36(38)57(45(52)60)37-13-14-41(58)50-43(37)59)56-27-29(28-56)26-53-17-15-30(16-18-53)54-19-21-55(22-20-54)32-9-11-34(39(24-32)62-2)49-44-47-25-33(46)42(51-44)48-35-7-5-6-8-40(35)63(3,4)61/h5-12,23-25,29-30,37H,13-22,26-28H2,1-4H3,(H,50,58,59)(H2,47,48,49,51). The second-order valence-corrected chi connectivity index (χ2v) is 21.2. The second kappa shape index (κ2) is 17.6. The fraction of sp³-hybridized carbons (Fsp3) is 0.444. The lowest BCUT2D eigenvalue weighted by molar-refractivity contribution is -0.135. The summed E-state index contributed by atoms with van der Waals surface area (Å²) in [7, 11) is 0.855. The molecule has 1 unspecified atom stereocenters. The first-order chi connectivity index (χ1) is 30.3. The van der Waals surface area contributed by atoms with Crippen LogP contribution in [0.1, 0.15) is 31.7 Å². The van der Waals surface area contributed by atoms with Crippen LogP contribution in [-0.4, -0.2) is 126 Å². The maximum atomic E-state index is 13.2. The van der Waals surface area contributed by atoms with Crippen molar-refractivity contribution in [1.82, 2.24) is 34.2 Å². The summed E-state index contributed by atoms with van der Waals surface area (Å²) in [5.74, 6) is 1.32. The summed E-state index contributed by atoms with van der Waals surface area (Å²) >= 11 is 6.49. The minimum absolute atomic E-state index is 0.224. The molecule has 6 heterocycles. The number of carbonyl (C=O) groups is 2. The number of nitrogens with one attached hydrogen (secondary N) is 3. The predicted octanol–water partition coefficient (Wildman–Crippen LogP) is 5.23. The van der Waals surface area contributed by atoms with E-state index in [-0.39, 0.29) is 18.0 Å². The normalized spacial score (nSPS) is 19.6. The van der Waals surface area contributed by atoms with Gasteiger partial charge in [-0.3, -0.25) is 28.9 Å². The van der Waals surface area contributed by atoms with Crippen molar-refractivity contribution >= 4 is 81.4 Å². The molecule has 0 aliphatic carbocycles. The fourth-order valence-corrected chi connectivity index (χ4v) is 10.9. The molecule has 18 heteroatoms. The van der Waals surface area contributed by atoms with Crippen molar-refractivity contribution in [2.45, 2.75) is 37.8 Å². The maximum absolute atomic E-state index is 13.2. The lowest BCUT2D eigenvalue weighted by Crippen LogP contribution is -2.55. The van der Waals surface area contributed by atoms with Gasteiger partial charge in [-0.2, -0.15) is 4.98 Å². The maximum Gasteiger partial charge on any atom is 0.329 e. The number of anilines is 6. The topological polar surface area (TPSA) is 162 Å². The van der Waals surface area contributed by atoms with E-state index in [0.29, 0.717) is 52.1 Å². The van der Waals surface area contributed by atoms with Crippen LogP contribution in [0.15, 0.2) is 71.7 Å². The third-order valence-corrected chi connectivity index (χ3v) is 14.9. The zero-order chi connectivity index (χ0) is 44.0. The average molecular weight is 896 g/mol. The number of ether oxygens (including phenoxy) is 1. The molecule has 5 aromatic rings. The van der Waals surface area contributed by atoms with E-state index in [0.717, 1.165) is 86.8 Å². The second-order valence-electron chi connectivity index (χ2n) is 17.6. The number of imidazole rings is 1. The Hall–Kier alpha value is -5.41. The van der Waals surface area contributed by atoms with Crippen LogP contribution in [0.2, 0.25) is 5.02 Å². The van der Waals surface area contributed by atoms with Gasteiger partial charge >= 0.3 is 5.69 Å². The lowest BCUT2D eigenvalue weighted by Gasteiger charge is -2.46. The molecule has 63 heavy (non-hydrogen) atoms. The SMILES string of the molecule is COc1cc(N2CCN(C3CCN(CC4CN(c5ccc6c(c5)n(C)c(=O)n6C5CCC(=O)NC5=O)C4)CC3)CC2)ccc1Nc1ncc(Cl)c(Nc2ccccc2P(C)(C)=O)n1. The number of piperidine rings is 2. The van der Waals surface area contributed by atoms with Gasteiger partial charge in [0.15, 0.2) is 5.82 Å². The Labute approximate surface area is 371 Å². The van der Waals surface area contributed by atoms with E-state index in [4.69, 9.17) is 16.3 Å². The molecule has 0 bridgehead atoms. The lowest BCUT2D eigenvalue weighted by atomic mass is 9.95. The Morgan fingerprint density at radius 2 is 1.59 bits per heavy atom. The number of likely N-dealkylation sites (tertiary alicyclic amines) is 1. The zero-order valence-corrected chi connectivity index (χ0v) is 37.9. The Morgan fingerprint density at radius 3 is 2.32 bits per heavy atom. The molecule has 2 aromatic heterocycles. The Morgan fingerprint density at radius 1 is 0.857 bits per heavy atom. The van der Waals surface area contributed by atoms with Gasteiger partial charge in [0.05, 0.1) is 35.7 Å². The number of para-hydroxylation sites is 1. The largest absolute Gasteiger partial charge is 0.494 e. The van der Waals surface area contributed by atoms with Gasteiger partial charge in [-0.1, -0.05) is 23.7 Å². The molecule has 2 amide bonds. The number of aromatic nitrogens is 4. The molecule has 0 radical (unpaired) electrons. The monoisotopic (exact) mass is 895 g/mol. The van der Waals surface area contributed by atoms with Crippen molar-refractivity contribution in [3.05, 3.63) is 82.4 Å². The number of halogens is 1. The summed E-state index contributed by atoms with van der Waals surface area (Å²) in [6.45, 7) is 12.6. The van der Waals surface area contributed by atoms with E-state index in [1.165, 1.54) is 23.6 Å². The van der Waals surface area contributed by atoms with Crippen molar-refractivity contribution in [2.75, 3.05) is 99.8 Å². The number of rotatable bonds is 12. The molecule has 4 fully saturated rings. The van der Waals surface area contributed by atoms with Crippen LogP contribution in [0.4, 0.5) is 34.5 Å². The Balaban J connectivity index is 0.740. The number of amides is 2. The third-order valence-electron chi connectivity index (χ3n) is 13.1. The van der Waals surface area contributed by atoms with E-state index < -0.39 is 19.1 Å². The van der Waals surface area contributed by atoms with Gasteiger partial charge < -0.3 is 34.6 Å². The summed E-state index contributed by atoms with van der Waals surface area (Å²) in [6.07, 6.45) is 4.44. The van der Waals surface area contributed by atoms with Gasteiger partial charge in [-0.05, 0) is 88.1 Å². The number of methoxy groups -OCH3 is 1. The number of carbonyl (C=O) groups excluding carboxylic acids is 2. The molecule has 0 saturated carbocycles. The molecule has 0 spiro atoms. The van der Waals surface area contributed by atoms with Crippen LogP contribution >= 0.6 is 18.7 Å². The van der Waals surface area contributed by atoms with Crippen LogP contribution in [-0.2, 0) is 21.2 Å². The molecule has 4 aliphatic heterocycles. The molecular weight excluding hydrogens is 841 g/mol. The Bertz CT molecular complexity index is 2640. The first-order valence-electron chi connectivity index (χ1n) is 21.7. The zero-order valence-electron chi connectivity index (χ0n) is 36.2. The highest BCUT2D eigenvalue weighted by Gasteiger charge is 2.34. The van der Waals surface area contributed by atoms with Gasteiger partial charge in [0, 0.05) is 94.0 Å². The number of aryl methyl sites for hydroxylation is 1. The van der Waals surface area contributed by atoms with Crippen LogP contribution in [0.3, 0.4) is 0 Å². The average Bonchev–Trinajstić information content (AvgIpc) is 3.51. The van der Waals surface area contributed by atoms with Crippen molar-refractivity contribution in [3.8, 4) is 5.75 Å². The van der Waals surface area contributed by atoms with Crippen molar-refractivity contribution in [3.63, 3.8) is 0 Å². The number of hydrogen-bond acceptors (Lipinski definition) is 13. The summed E-state index contributed by atoms with van der Waals surface area (Å²) in [6, 6.07) is 19.6. The smallest absolute Gasteiger partial charge is 0.329 e. The first-order valence-corrected chi connectivity index (χ1v) is 24.7. The highest BCUT2D eigenvalue weighted by Crippen LogP contribution is 2.39. The molecule has 332 valence electrons. The van der Waals surface area contributed by atoms with Gasteiger partial charge in [0.1, 0.15) is 24.0 Å². The van der Waals surface area contributed by atoms with Crippen LogP contribution in [0, 0.1) is 5.92 Å². The van der Waals surface area contributed by atoms with Crippen molar-refractivity contribution in [2.24, 2.45) is 13.0 Å². The molecule has 16 nitrogen and oxygen atoms in total. The van der Waals surface area contributed by atoms with Gasteiger partial charge in [-0.25, -0.2) is 9.78 Å². The molecule has 1 atom stereocenters. The number of piperazine rings is 1. The highest BCUT2D eigenvalue weighted by molar-refractivity contribution is 7.70. The Kier molecular flexibility index (Phi) is 12.0. The van der Waals surface area contributed by atoms with Gasteiger partial charge in [0.2, 0.25) is 17.8 Å². The van der Waals surface area contributed by atoms with Crippen LogP contribution in [0.5, 0.6) is 5.75 Å². The quantitative estimate of drug-likeness (QED) is 0.111. The van der Waals surface area contributed by atoms with Gasteiger partial charge in [0.25, 0.3) is 0 Å². The molecule has 3 N–H and O–H groups in total. The van der Waals surface area contributed by atoms with Crippen LogP contribution in [0.25, 0.3) is 11.0 Å². The van der Waals surface area contributed by atoms with E-state index in [1.807, 2.05) is 42.5 Å². The van der Waals surface area contributed by atoms with Gasteiger partial charge in [-0.15, -0.1) is 0 Å².